The first kappa shape index (κ1) is 13.9. The van der Waals surface area contributed by atoms with Crippen LogP contribution in [0.3, 0.4) is 0 Å². The molecule has 0 unspecified atom stereocenters. The van der Waals surface area contributed by atoms with Crippen molar-refractivity contribution in [2.75, 3.05) is 5.32 Å². The zero-order valence-corrected chi connectivity index (χ0v) is 13.7. The Morgan fingerprint density at radius 2 is 1.83 bits per heavy atom. The molecule has 1 nitrogen and oxygen atoms in total. The maximum Gasteiger partial charge on any atom is 0.0549 e. The standard InChI is InChI=1S/C14H12Br2ClN/c1-9-6-10(2-4-12(9)15)8-18-11-3-5-14(17)13(16)7-11/h2-7,18H,8H2,1H3. The molecule has 1 N–H and O–H groups in total. The Balaban J connectivity index is 2.06. The predicted octanol–water partition coefficient (Wildman–Crippen LogP) is 5.79. The zero-order valence-electron chi connectivity index (χ0n) is 9.81. The highest BCUT2D eigenvalue weighted by molar-refractivity contribution is 9.10. The number of nitrogens with one attached hydrogen (secondary N) is 1. The first-order chi connectivity index (χ1) is 8.56. The van der Waals surface area contributed by atoms with E-state index in [4.69, 9.17) is 11.6 Å². The van der Waals surface area contributed by atoms with Crippen LogP contribution in [0.5, 0.6) is 0 Å². The second-order valence-electron chi connectivity index (χ2n) is 4.07. The van der Waals surface area contributed by atoms with Crippen molar-refractivity contribution in [3.8, 4) is 0 Å². The molecule has 0 saturated carbocycles. The fraction of sp³-hybridized carbons (Fsp3) is 0.143. The molecule has 0 fully saturated rings. The molecule has 0 aliphatic heterocycles. The third-order valence-electron chi connectivity index (χ3n) is 2.64. The summed E-state index contributed by atoms with van der Waals surface area (Å²) in [5.74, 6) is 0. The van der Waals surface area contributed by atoms with Crippen molar-refractivity contribution in [1.29, 1.82) is 0 Å². The van der Waals surface area contributed by atoms with Crippen molar-refractivity contribution >= 4 is 49.1 Å². The highest BCUT2D eigenvalue weighted by Crippen LogP contribution is 2.26. The lowest BCUT2D eigenvalue weighted by Crippen LogP contribution is -1.99. The summed E-state index contributed by atoms with van der Waals surface area (Å²) < 4.78 is 2.04. The second kappa shape index (κ2) is 6.09. The molecule has 2 rings (SSSR count). The van der Waals surface area contributed by atoms with Gasteiger partial charge in [0.1, 0.15) is 0 Å². The van der Waals surface area contributed by atoms with Crippen LogP contribution >= 0.6 is 43.5 Å². The first-order valence-corrected chi connectivity index (χ1v) is 7.46. The number of aryl methyl sites for hydroxylation is 1. The molecular formula is C14H12Br2ClN. The molecule has 18 heavy (non-hydrogen) atoms. The second-order valence-corrected chi connectivity index (χ2v) is 6.18. The highest BCUT2D eigenvalue weighted by Gasteiger charge is 2.00. The molecule has 0 aliphatic carbocycles. The lowest BCUT2D eigenvalue weighted by Gasteiger charge is -2.09. The number of benzene rings is 2. The van der Waals surface area contributed by atoms with E-state index in [1.165, 1.54) is 11.1 Å². The molecule has 0 aromatic heterocycles. The van der Waals surface area contributed by atoms with Crippen LogP contribution in [0.2, 0.25) is 5.02 Å². The van der Waals surface area contributed by atoms with Gasteiger partial charge in [0.25, 0.3) is 0 Å². The van der Waals surface area contributed by atoms with Crippen LogP contribution in [0.4, 0.5) is 5.69 Å². The molecule has 0 heterocycles. The van der Waals surface area contributed by atoms with E-state index in [2.05, 4.69) is 62.3 Å². The van der Waals surface area contributed by atoms with Gasteiger partial charge in [0.2, 0.25) is 0 Å². The quantitative estimate of drug-likeness (QED) is 0.701. The molecule has 0 aliphatic rings. The predicted molar refractivity (Wildman–Crippen MR) is 85.4 cm³/mol. The summed E-state index contributed by atoms with van der Waals surface area (Å²) >= 11 is 12.9. The van der Waals surface area contributed by atoms with Crippen molar-refractivity contribution in [2.45, 2.75) is 13.5 Å². The van der Waals surface area contributed by atoms with Gasteiger partial charge in [0, 0.05) is 21.2 Å². The van der Waals surface area contributed by atoms with Gasteiger partial charge in [0.05, 0.1) is 5.02 Å². The van der Waals surface area contributed by atoms with Crippen LogP contribution in [-0.2, 0) is 6.54 Å². The lowest BCUT2D eigenvalue weighted by atomic mass is 10.1. The van der Waals surface area contributed by atoms with Crippen molar-refractivity contribution < 1.29 is 0 Å². The summed E-state index contributed by atoms with van der Waals surface area (Å²) in [5, 5.41) is 4.09. The van der Waals surface area contributed by atoms with Gasteiger partial charge in [-0.1, -0.05) is 39.7 Å². The Morgan fingerprint density at radius 1 is 1.06 bits per heavy atom. The highest BCUT2D eigenvalue weighted by atomic mass is 79.9. The molecule has 0 radical (unpaired) electrons. The molecule has 2 aromatic rings. The maximum atomic E-state index is 5.96. The van der Waals surface area contributed by atoms with E-state index in [1.807, 2.05) is 18.2 Å². The summed E-state index contributed by atoms with van der Waals surface area (Å²) in [6, 6.07) is 12.2. The van der Waals surface area contributed by atoms with Crippen LogP contribution in [0.1, 0.15) is 11.1 Å². The van der Waals surface area contributed by atoms with Crippen LogP contribution in [0.15, 0.2) is 45.3 Å². The van der Waals surface area contributed by atoms with Gasteiger partial charge >= 0.3 is 0 Å². The largest absolute Gasteiger partial charge is 0.381 e. The van der Waals surface area contributed by atoms with Crippen LogP contribution in [0.25, 0.3) is 0 Å². The first-order valence-electron chi connectivity index (χ1n) is 5.50. The lowest BCUT2D eigenvalue weighted by molar-refractivity contribution is 1.14. The molecular weight excluding hydrogens is 377 g/mol. The average Bonchev–Trinajstić information content (AvgIpc) is 2.35. The molecule has 4 heteroatoms. The third-order valence-corrected chi connectivity index (χ3v) is 4.74. The molecule has 0 amide bonds. The third kappa shape index (κ3) is 3.50. The Labute approximate surface area is 129 Å². The summed E-state index contributed by atoms with van der Waals surface area (Å²) in [5.41, 5.74) is 3.54. The van der Waals surface area contributed by atoms with E-state index >= 15 is 0 Å². The molecule has 0 spiro atoms. The molecule has 94 valence electrons. The minimum absolute atomic E-state index is 0.722. The number of halogens is 3. The molecule has 2 aromatic carbocycles. The minimum atomic E-state index is 0.722. The van der Waals surface area contributed by atoms with E-state index in [0.29, 0.717) is 0 Å². The monoisotopic (exact) mass is 387 g/mol. The van der Waals surface area contributed by atoms with Crippen molar-refractivity contribution in [2.24, 2.45) is 0 Å². The summed E-state index contributed by atoms with van der Waals surface area (Å²) in [6.45, 7) is 2.88. The van der Waals surface area contributed by atoms with Crippen LogP contribution in [-0.4, -0.2) is 0 Å². The summed E-state index contributed by atoms with van der Waals surface area (Å²) in [4.78, 5) is 0. The van der Waals surface area contributed by atoms with E-state index in [0.717, 1.165) is 26.2 Å². The van der Waals surface area contributed by atoms with Gasteiger partial charge in [-0.25, -0.2) is 0 Å². The van der Waals surface area contributed by atoms with Gasteiger partial charge in [-0.15, -0.1) is 0 Å². The fourth-order valence-corrected chi connectivity index (χ4v) is 2.37. The minimum Gasteiger partial charge on any atom is -0.381 e. The van der Waals surface area contributed by atoms with E-state index in [9.17, 15) is 0 Å². The van der Waals surface area contributed by atoms with E-state index in [-0.39, 0.29) is 0 Å². The average molecular weight is 390 g/mol. The topological polar surface area (TPSA) is 12.0 Å². The molecule has 0 bridgehead atoms. The van der Waals surface area contributed by atoms with Gasteiger partial charge in [-0.05, 0) is 58.2 Å². The smallest absolute Gasteiger partial charge is 0.0549 e. The summed E-state index contributed by atoms with van der Waals surface area (Å²) in [7, 11) is 0. The number of anilines is 1. The van der Waals surface area contributed by atoms with E-state index in [1.54, 1.807) is 0 Å². The van der Waals surface area contributed by atoms with Crippen LogP contribution in [0, 0.1) is 6.92 Å². The number of rotatable bonds is 3. The summed E-state index contributed by atoms with van der Waals surface area (Å²) in [6.07, 6.45) is 0. The van der Waals surface area contributed by atoms with Crippen molar-refractivity contribution in [3.05, 3.63) is 61.5 Å². The van der Waals surface area contributed by atoms with Gasteiger partial charge in [0.15, 0.2) is 0 Å². The van der Waals surface area contributed by atoms with Crippen molar-refractivity contribution in [1.82, 2.24) is 0 Å². The Hall–Kier alpha value is -0.510. The Kier molecular flexibility index (Phi) is 4.71. The van der Waals surface area contributed by atoms with Gasteiger partial charge in [-0.3, -0.25) is 0 Å². The SMILES string of the molecule is Cc1cc(CNc2ccc(Cl)c(Br)c2)ccc1Br. The Bertz CT molecular complexity index is 518. The number of hydrogen-bond donors (Lipinski definition) is 1. The van der Waals surface area contributed by atoms with Crippen LogP contribution < -0.4 is 5.32 Å². The molecule has 0 saturated heterocycles. The van der Waals surface area contributed by atoms with Gasteiger partial charge < -0.3 is 5.32 Å². The normalized spacial score (nSPS) is 10.4. The Morgan fingerprint density at radius 3 is 2.50 bits per heavy atom. The molecule has 0 atom stereocenters. The zero-order chi connectivity index (χ0) is 13.1. The fourth-order valence-electron chi connectivity index (χ4n) is 1.63. The van der Waals surface area contributed by atoms with Crippen molar-refractivity contribution in [3.63, 3.8) is 0 Å². The van der Waals surface area contributed by atoms with E-state index < -0.39 is 0 Å². The van der Waals surface area contributed by atoms with Gasteiger partial charge in [-0.2, -0.15) is 0 Å². The number of hydrogen-bond acceptors (Lipinski definition) is 1. The maximum absolute atomic E-state index is 5.96.